The van der Waals surface area contributed by atoms with E-state index in [2.05, 4.69) is 0 Å². The Bertz CT molecular complexity index is 1070. The van der Waals surface area contributed by atoms with E-state index in [9.17, 15) is 59.3 Å². The van der Waals surface area contributed by atoms with E-state index < -0.39 is 66.3 Å². The third-order valence-electron chi connectivity index (χ3n) is 5.98. The largest absolute Gasteiger partial charge is 2.00 e. The molecule has 0 saturated carbocycles. The second-order valence-corrected chi connectivity index (χ2v) is 12.0. The monoisotopic (exact) mass is 652 g/mol. The first-order valence-corrected chi connectivity index (χ1v) is 14.9. The number of rotatable bonds is 15. The normalized spacial score (nSPS) is 13.6. The maximum atomic E-state index is 12.0. The number of hydrogen-bond acceptors (Lipinski definition) is 10. The summed E-state index contributed by atoms with van der Waals surface area (Å²) in [6.07, 6.45) is -1.90. The van der Waals surface area contributed by atoms with Crippen molar-refractivity contribution in [3.63, 3.8) is 0 Å². The molecule has 17 heteroatoms. The summed E-state index contributed by atoms with van der Waals surface area (Å²) in [6, 6.07) is 6.03. The van der Waals surface area contributed by atoms with Crippen molar-refractivity contribution in [3.8, 4) is 11.5 Å². The third kappa shape index (κ3) is 11.1. The Morgan fingerprint density at radius 1 is 0.625 bits per heavy atom. The standard InChI is InChI=1S/C22H34N2O12P2.CH4.Fe/c25-9-17-5-1-3-15(21(17)29)7-23(13-37(31,32)33)19(11-27)20(12-28)24(14-38(34,35)36)8-16-4-2-6-18(10-26)22(16)30;;/h1-6,19-20,25-30H,7-14H2,(H2,31,32,33)(H2,34,35,36);1H4;/q;;+2/t19-,20?;;/m1../s1. The van der Waals surface area contributed by atoms with Gasteiger partial charge in [-0.1, -0.05) is 43.8 Å². The summed E-state index contributed by atoms with van der Waals surface area (Å²) in [6.45, 7) is -3.44. The Kier molecular flexibility index (Phi) is 16.3. The average Bonchev–Trinajstić information content (AvgIpc) is 2.82. The van der Waals surface area contributed by atoms with Crippen molar-refractivity contribution in [2.75, 3.05) is 25.8 Å². The molecule has 228 valence electrons. The van der Waals surface area contributed by atoms with E-state index in [4.69, 9.17) is 0 Å². The van der Waals surface area contributed by atoms with E-state index in [0.29, 0.717) is 0 Å². The zero-order chi connectivity index (χ0) is 28.7. The molecule has 2 atom stereocenters. The van der Waals surface area contributed by atoms with Gasteiger partial charge >= 0.3 is 32.3 Å². The molecule has 0 bridgehead atoms. The summed E-state index contributed by atoms with van der Waals surface area (Å²) in [5, 5.41) is 60.4. The van der Waals surface area contributed by atoms with Gasteiger partial charge in [0.05, 0.1) is 38.5 Å². The predicted molar refractivity (Wildman–Crippen MR) is 141 cm³/mol. The molecule has 2 rings (SSSR count). The number of benzene rings is 2. The minimum atomic E-state index is -4.80. The van der Waals surface area contributed by atoms with Gasteiger partial charge in [0.15, 0.2) is 0 Å². The van der Waals surface area contributed by atoms with E-state index in [1.165, 1.54) is 36.4 Å². The molecule has 0 radical (unpaired) electrons. The van der Waals surface area contributed by atoms with Crippen molar-refractivity contribution in [3.05, 3.63) is 58.7 Å². The first kappa shape index (κ1) is 38.6. The molecule has 0 spiro atoms. The average molecular weight is 652 g/mol. The Labute approximate surface area is 242 Å². The summed E-state index contributed by atoms with van der Waals surface area (Å²) in [4.78, 5) is 41.0. The number of aromatic hydroxyl groups is 2. The quantitative estimate of drug-likeness (QED) is 0.0901. The molecule has 2 aromatic rings. The number of phenols is 2. The fraction of sp³-hybridized carbons (Fsp3) is 0.478. The van der Waals surface area contributed by atoms with Crippen LogP contribution in [-0.4, -0.2) is 97.9 Å². The smallest absolute Gasteiger partial charge is 0.507 e. The number of para-hydroxylation sites is 2. The van der Waals surface area contributed by atoms with Gasteiger partial charge in [-0.25, -0.2) is 0 Å². The van der Waals surface area contributed by atoms with E-state index in [1.54, 1.807) is 0 Å². The summed E-state index contributed by atoms with van der Waals surface area (Å²) >= 11 is 0. The second kappa shape index (κ2) is 16.9. The summed E-state index contributed by atoms with van der Waals surface area (Å²) < 4.78 is 24.0. The van der Waals surface area contributed by atoms with Crippen LogP contribution in [0.5, 0.6) is 11.5 Å². The maximum absolute atomic E-state index is 12.0. The number of aliphatic hydroxyl groups is 4. The van der Waals surface area contributed by atoms with Crippen LogP contribution in [0.2, 0.25) is 0 Å². The summed E-state index contributed by atoms with van der Waals surface area (Å²) in [5.74, 6) is -0.693. The molecule has 10 N–H and O–H groups in total. The first-order chi connectivity index (χ1) is 17.7. The number of hydrogen-bond donors (Lipinski definition) is 10. The molecule has 1 unspecified atom stereocenters. The molecule has 0 saturated heterocycles. The van der Waals surface area contributed by atoms with E-state index in [0.717, 1.165) is 9.80 Å². The van der Waals surface area contributed by atoms with Gasteiger partial charge in [0.2, 0.25) is 0 Å². The van der Waals surface area contributed by atoms with Gasteiger partial charge in [-0.05, 0) is 0 Å². The molecule has 0 aliphatic rings. The van der Waals surface area contributed by atoms with Gasteiger partial charge in [-0.3, -0.25) is 18.9 Å². The van der Waals surface area contributed by atoms with Crippen molar-refractivity contribution in [1.82, 2.24) is 9.80 Å². The fourth-order valence-corrected chi connectivity index (χ4v) is 5.78. The molecule has 0 aliphatic carbocycles. The van der Waals surface area contributed by atoms with Crippen LogP contribution in [0.25, 0.3) is 0 Å². The van der Waals surface area contributed by atoms with Crippen LogP contribution < -0.4 is 0 Å². The van der Waals surface area contributed by atoms with Gasteiger partial charge < -0.3 is 50.2 Å². The third-order valence-corrected chi connectivity index (χ3v) is 7.45. The molecular formula is C23H38FeN2O12P2+2. The molecule has 2 aromatic carbocycles. The number of nitrogens with zero attached hydrogens (tertiary/aromatic N) is 2. The van der Waals surface area contributed by atoms with Crippen LogP contribution in [0.15, 0.2) is 36.4 Å². The topological polar surface area (TPSA) is 243 Å². The predicted octanol–water partition coefficient (Wildman–Crippen LogP) is 0.0124. The Morgan fingerprint density at radius 3 is 1.18 bits per heavy atom. The minimum absolute atomic E-state index is 0. The van der Waals surface area contributed by atoms with Crippen molar-refractivity contribution in [1.29, 1.82) is 0 Å². The van der Waals surface area contributed by atoms with Crippen molar-refractivity contribution in [2.45, 2.75) is 45.8 Å². The second-order valence-electron chi connectivity index (χ2n) is 8.77. The molecular weight excluding hydrogens is 614 g/mol. The maximum Gasteiger partial charge on any atom is 2.00 e. The van der Waals surface area contributed by atoms with Crippen molar-refractivity contribution in [2.24, 2.45) is 0 Å². The summed E-state index contributed by atoms with van der Waals surface area (Å²) in [7, 11) is -9.61. The van der Waals surface area contributed by atoms with Crippen LogP contribution in [-0.2, 0) is 52.5 Å². The molecule has 0 heterocycles. The molecule has 14 nitrogen and oxygen atoms in total. The SMILES string of the molecule is C.O=P(O)(O)CN(Cc1cccc(CO)c1O)C(CO)[C@@H](CO)N(Cc1cccc(CO)c1O)CP(=O)(O)O.[Fe+2]. The van der Waals surface area contributed by atoms with E-state index >= 15 is 0 Å². The Morgan fingerprint density at radius 2 is 0.925 bits per heavy atom. The fourth-order valence-electron chi connectivity index (χ4n) is 4.22. The molecule has 0 amide bonds. The van der Waals surface area contributed by atoms with E-state index in [1.807, 2.05) is 0 Å². The Balaban J connectivity index is 0.00000760. The van der Waals surface area contributed by atoms with Gasteiger partial charge in [0.1, 0.15) is 24.1 Å². The van der Waals surface area contributed by atoms with Crippen LogP contribution in [0.1, 0.15) is 29.7 Å². The van der Waals surface area contributed by atoms with Gasteiger partial charge in [-0.2, -0.15) is 0 Å². The van der Waals surface area contributed by atoms with E-state index in [-0.39, 0.29) is 71.3 Å². The molecule has 0 aromatic heterocycles. The van der Waals surface area contributed by atoms with Gasteiger partial charge in [-0.15, -0.1) is 0 Å². The number of aliphatic hydroxyl groups excluding tert-OH is 4. The zero-order valence-electron chi connectivity index (χ0n) is 20.7. The first-order valence-electron chi connectivity index (χ1n) is 11.3. The Hall–Kier alpha value is -1.38. The van der Waals surface area contributed by atoms with Crippen LogP contribution in [0.4, 0.5) is 0 Å². The van der Waals surface area contributed by atoms with Crippen molar-refractivity contribution < 1.29 is 76.4 Å². The zero-order valence-corrected chi connectivity index (χ0v) is 23.6. The van der Waals surface area contributed by atoms with Gasteiger partial charge in [0.25, 0.3) is 0 Å². The van der Waals surface area contributed by atoms with Gasteiger partial charge in [0, 0.05) is 35.3 Å². The van der Waals surface area contributed by atoms with Crippen LogP contribution >= 0.6 is 15.2 Å². The summed E-state index contributed by atoms with van der Waals surface area (Å²) in [5.41, 5.74) is 0.547. The molecule has 0 aliphatic heterocycles. The van der Waals surface area contributed by atoms with Crippen LogP contribution in [0.3, 0.4) is 0 Å². The van der Waals surface area contributed by atoms with Crippen molar-refractivity contribution >= 4 is 15.2 Å². The van der Waals surface area contributed by atoms with Crippen LogP contribution in [0, 0.1) is 0 Å². The minimum Gasteiger partial charge on any atom is -0.507 e. The molecule has 40 heavy (non-hydrogen) atoms. The molecule has 0 fully saturated rings.